The Kier molecular flexibility index (Phi) is 4.03. The van der Waals surface area contributed by atoms with E-state index in [0.717, 1.165) is 10.5 Å². The topological polar surface area (TPSA) is 0 Å². The largest absolute Gasteiger partial charge is 0.160 e. The summed E-state index contributed by atoms with van der Waals surface area (Å²) in [6.45, 7) is 0. The Hall–Kier alpha value is 0.620. The minimum absolute atomic E-state index is 0.863. The molecule has 1 aromatic rings. The van der Waals surface area contributed by atoms with Crippen molar-refractivity contribution in [3.05, 3.63) is 24.3 Å². The number of hydrogen-bond donors (Lipinski definition) is 0. The molecule has 0 N–H and O–H groups in total. The standard InChI is InChI=1S/C12H14S4/c1-2-4-12(16-10-7-14-8-10)11(3-1)15-9-5-13-6-9/h1-4,9-10H,5-8H2. The van der Waals surface area contributed by atoms with Crippen molar-refractivity contribution >= 4 is 47.0 Å². The van der Waals surface area contributed by atoms with Crippen LogP contribution < -0.4 is 0 Å². The lowest BCUT2D eigenvalue weighted by Gasteiger charge is -2.27. The molecule has 0 radical (unpaired) electrons. The lowest BCUT2D eigenvalue weighted by atomic mass is 10.4. The summed E-state index contributed by atoms with van der Waals surface area (Å²) in [7, 11) is 0. The average Bonchev–Trinajstić information content (AvgIpc) is 2.19. The van der Waals surface area contributed by atoms with Gasteiger partial charge in [0.2, 0.25) is 0 Å². The van der Waals surface area contributed by atoms with Crippen LogP contribution in [0.2, 0.25) is 0 Å². The van der Waals surface area contributed by atoms with Gasteiger partial charge in [0.05, 0.1) is 0 Å². The van der Waals surface area contributed by atoms with Gasteiger partial charge >= 0.3 is 0 Å². The summed E-state index contributed by atoms with van der Waals surface area (Å²) in [5.41, 5.74) is 0. The van der Waals surface area contributed by atoms with Crippen molar-refractivity contribution in [2.75, 3.05) is 23.0 Å². The quantitative estimate of drug-likeness (QED) is 0.817. The number of hydrogen-bond acceptors (Lipinski definition) is 4. The lowest BCUT2D eigenvalue weighted by molar-refractivity contribution is 1.06. The van der Waals surface area contributed by atoms with Crippen LogP contribution in [0.4, 0.5) is 0 Å². The zero-order chi connectivity index (χ0) is 10.8. The van der Waals surface area contributed by atoms with Gasteiger partial charge in [0, 0.05) is 43.3 Å². The molecule has 0 nitrogen and oxygen atoms in total. The van der Waals surface area contributed by atoms with Crippen LogP contribution in [0.1, 0.15) is 0 Å². The maximum absolute atomic E-state index is 2.29. The summed E-state index contributed by atoms with van der Waals surface area (Å²) >= 11 is 8.31. The fourth-order valence-electron chi connectivity index (χ4n) is 1.57. The first kappa shape index (κ1) is 11.7. The first-order chi connectivity index (χ1) is 7.92. The van der Waals surface area contributed by atoms with Crippen molar-refractivity contribution in [1.29, 1.82) is 0 Å². The molecule has 86 valence electrons. The Labute approximate surface area is 114 Å². The van der Waals surface area contributed by atoms with Crippen molar-refractivity contribution in [3.8, 4) is 0 Å². The Balaban J connectivity index is 1.68. The summed E-state index contributed by atoms with van der Waals surface area (Å²) in [5, 5.41) is 1.73. The molecule has 2 saturated heterocycles. The van der Waals surface area contributed by atoms with Crippen molar-refractivity contribution in [2.45, 2.75) is 20.3 Å². The third-order valence-corrected chi connectivity index (χ3v) is 8.73. The minimum Gasteiger partial charge on any atom is -0.160 e. The molecule has 0 unspecified atom stereocenters. The van der Waals surface area contributed by atoms with Crippen LogP contribution in [0.3, 0.4) is 0 Å². The van der Waals surface area contributed by atoms with Crippen LogP contribution in [0.25, 0.3) is 0 Å². The van der Waals surface area contributed by atoms with Crippen molar-refractivity contribution in [1.82, 2.24) is 0 Å². The van der Waals surface area contributed by atoms with Gasteiger partial charge in [-0.1, -0.05) is 12.1 Å². The predicted molar refractivity (Wildman–Crippen MR) is 80.4 cm³/mol. The van der Waals surface area contributed by atoms with Crippen LogP contribution >= 0.6 is 47.0 Å². The summed E-state index contributed by atoms with van der Waals surface area (Å²) in [6.07, 6.45) is 0. The van der Waals surface area contributed by atoms with Gasteiger partial charge in [-0.25, -0.2) is 0 Å². The first-order valence-electron chi connectivity index (χ1n) is 5.49. The third-order valence-electron chi connectivity index (χ3n) is 2.65. The van der Waals surface area contributed by atoms with Crippen LogP contribution in [0.15, 0.2) is 34.1 Å². The number of benzene rings is 1. The Morgan fingerprint density at radius 1 is 0.812 bits per heavy atom. The van der Waals surface area contributed by atoms with Crippen molar-refractivity contribution in [3.63, 3.8) is 0 Å². The maximum Gasteiger partial charge on any atom is 0.0276 e. The van der Waals surface area contributed by atoms with Crippen molar-refractivity contribution in [2.24, 2.45) is 0 Å². The Morgan fingerprint density at radius 3 is 1.56 bits per heavy atom. The Bertz CT molecular complexity index is 323. The molecule has 0 saturated carbocycles. The van der Waals surface area contributed by atoms with Gasteiger partial charge in [-0.05, 0) is 12.1 Å². The molecule has 0 bridgehead atoms. The SMILES string of the molecule is c1ccc(SC2CSC2)c(SC2CSC2)c1. The van der Waals surface area contributed by atoms with Gasteiger partial charge in [-0.3, -0.25) is 0 Å². The maximum atomic E-state index is 2.29. The van der Waals surface area contributed by atoms with Gasteiger partial charge in [-0.15, -0.1) is 23.5 Å². The van der Waals surface area contributed by atoms with E-state index < -0.39 is 0 Å². The molecule has 0 amide bonds. The van der Waals surface area contributed by atoms with E-state index in [2.05, 4.69) is 71.3 Å². The molecule has 16 heavy (non-hydrogen) atoms. The Morgan fingerprint density at radius 2 is 1.25 bits per heavy atom. The third kappa shape index (κ3) is 2.71. The molecular weight excluding hydrogens is 272 g/mol. The monoisotopic (exact) mass is 286 g/mol. The van der Waals surface area contributed by atoms with E-state index >= 15 is 0 Å². The fourth-order valence-corrected chi connectivity index (χ4v) is 6.36. The molecule has 0 spiro atoms. The van der Waals surface area contributed by atoms with Gasteiger partial charge < -0.3 is 0 Å². The number of thioether (sulfide) groups is 4. The van der Waals surface area contributed by atoms with Crippen LogP contribution in [0.5, 0.6) is 0 Å². The van der Waals surface area contributed by atoms with Gasteiger partial charge in [0.1, 0.15) is 0 Å². The summed E-state index contributed by atoms with van der Waals surface area (Å²) in [6, 6.07) is 8.94. The second-order valence-electron chi connectivity index (χ2n) is 4.00. The van der Waals surface area contributed by atoms with Crippen LogP contribution in [0, 0.1) is 0 Å². The predicted octanol–water partition coefficient (Wildman–Crippen LogP) is 4.10. The second-order valence-corrected chi connectivity index (χ2v) is 8.84. The molecular formula is C12H14S4. The molecule has 2 fully saturated rings. The van der Waals surface area contributed by atoms with Crippen LogP contribution in [-0.4, -0.2) is 33.5 Å². The fraction of sp³-hybridized carbons (Fsp3) is 0.500. The summed E-state index contributed by atoms with van der Waals surface area (Å²) in [5.74, 6) is 5.35. The molecule has 2 aliphatic heterocycles. The van der Waals surface area contributed by atoms with Crippen LogP contribution in [-0.2, 0) is 0 Å². The zero-order valence-corrected chi connectivity index (χ0v) is 12.2. The minimum atomic E-state index is 0.863. The van der Waals surface area contributed by atoms with E-state index in [1.807, 2.05) is 0 Å². The molecule has 3 rings (SSSR count). The van der Waals surface area contributed by atoms with E-state index in [4.69, 9.17) is 0 Å². The van der Waals surface area contributed by atoms with E-state index in [1.165, 1.54) is 32.8 Å². The molecule has 0 aromatic heterocycles. The summed E-state index contributed by atoms with van der Waals surface area (Å²) < 4.78 is 0. The van der Waals surface area contributed by atoms with Gasteiger partial charge in [0.15, 0.2) is 0 Å². The lowest BCUT2D eigenvalue weighted by Crippen LogP contribution is -2.21. The summed E-state index contributed by atoms with van der Waals surface area (Å²) in [4.78, 5) is 3.02. The smallest absolute Gasteiger partial charge is 0.0276 e. The highest BCUT2D eigenvalue weighted by atomic mass is 32.2. The normalized spacial score (nSPS) is 21.5. The zero-order valence-electron chi connectivity index (χ0n) is 8.93. The molecule has 2 aliphatic rings. The highest BCUT2D eigenvalue weighted by molar-refractivity contribution is 8.09. The van der Waals surface area contributed by atoms with E-state index in [0.29, 0.717) is 0 Å². The average molecular weight is 287 g/mol. The van der Waals surface area contributed by atoms with Gasteiger partial charge in [0.25, 0.3) is 0 Å². The van der Waals surface area contributed by atoms with E-state index in [-0.39, 0.29) is 0 Å². The highest BCUT2D eigenvalue weighted by Gasteiger charge is 2.23. The first-order valence-corrected chi connectivity index (χ1v) is 9.56. The van der Waals surface area contributed by atoms with E-state index in [1.54, 1.807) is 0 Å². The second kappa shape index (κ2) is 5.51. The molecule has 2 heterocycles. The highest BCUT2D eigenvalue weighted by Crippen LogP contribution is 2.42. The molecule has 1 aromatic carbocycles. The molecule has 0 atom stereocenters. The van der Waals surface area contributed by atoms with E-state index in [9.17, 15) is 0 Å². The van der Waals surface area contributed by atoms with Gasteiger partial charge in [-0.2, -0.15) is 23.5 Å². The molecule has 4 heteroatoms. The number of rotatable bonds is 4. The molecule has 0 aliphatic carbocycles. The van der Waals surface area contributed by atoms with Crippen molar-refractivity contribution < 1.29 is 0 Å².